The Kier molecular flexibility index (Phi) is 2.25. The van der Waals surface area contributed by atoms with Crippen molar-refractivity contribution >= 4 is 5.78 Å². The number of aliphatic hydroxyl groups is 1. The van der Waals surface area contributed by atoms with E-state index >= 15 is 0 Å². The van der Waals surface area contributed by atoms with Crippen molar-refractivity contribution in [1.82, 2.24) is 5.32 Å². The number of hydrogen-bond acceptors (Lipinski definition) is 5. The van der Waals surface area contributed by atoms with Crippen molar-refractivity contribution in [2.45, 2.75) is 48.8 Å². The first-order valence-corrected chi connectivity index (χ1v) is 7.97. The molecule has 1 aromatic carbocycles. The summed E-state index contributed by atoms with van der Waals surface area (Å²) < 4.78 is 11.6. The molecule has 5 heteroatoms. The molecule has 2 N–H and O–H groups in total. The van der Waals surface area contributed by atoms with Gasteiger partial charge in [-0.1, -0.05) is 6.07 Å². The monoisotopic (exact) mass is 301 g/mol. The van der Waals surface area contributed by atoms with Crippen molar-refractivity contribution in [3.8, 4) is 11.5 Å². The van der Waals surface area contributed by atoms with E-state index in [1.54, 1.807) is 7.11 Å². The Balaban J connectivity index is 1.87. The fourth-order valence-electron chi connectivity index (χ4n) is 5.37. The molecule has 0 aromatic heterocycles. The van der Waals surface area contributed by atoms with Gasteiger partial charge in [0.1, 0.15) is 0 Å². The molecule has 22 heavy (non-hydrogen) atoms. The maximum atomic E-state index is 12.6. The van der Waals surface area contributed by atoms with Crippen LogP contribution in [0.3, 0.4) is 0 Å². The highest BCUT2D eigenvalue weighted by molar-refractivity contribution is 5.90. The highest BCUT2D eigenvalue weighted by atomic mass is 16.5. The first-order valence-electron chi connectivity index (χ1n) is 7.97. The van der Waals surface area contributed by atoms with Gasteiger partial charge in [0.2, 0.25) is 0 Å². The van der Waals surface area contributed by atoms with E-state index in [0.717, 1.165) is 24.9 Å². The lowest BCUT2D eigenvalue weighted by atomic mass is 9.49. The summed E-state index contributed by atoms with van der Waals surface area (Å²) in [6.45, 7) is 0.802. The van der Waals surface area contributed by atoms with Crippen molar-refractivity contribution in [3.63, 3.8) is 0 Å². The van der Waals surface area contributed by atoms with E-state index in [1.807, 2.05) is 6.07 Å². The fourth-order valence-corrected chi connectivity index (χ4v) is 5.37. The number of hydrogen-bond donors (Lipinski definition) is 2. The predicted molar refractivity (Wildman–Crippen MR) is 78.4 cm³/mol. The summed E-state index contributed by atoms with van der Waals surface area (Å²) in [4.78, 5) is 12.6. The average Bonchev–Trinajstić information content (AvgIpc) is 2.85. The molecule has 5 nitrogen and oxygen atoms in total. The topological polar surface area (TPSA) is 67.8 Å². The molecule has 2 bridgehead atoms. The quantitative estimate of drug-likeness (QED) is 0.799. The Hall–Kier alpha value is -1.59. The van der Waals surface area contributed by atoms with Crippen LogP contribution in [0.2, 0.25) is 0 Å². The highest BCUT2D eigenvalue weighted by Gasteiger charge is 2.71. The minimum atomic E-state index is -0.908. The predicted octanol–water partition coefficient (Wildman–Crippen LogP) is 0.706. The average molecular weight is 301 g/mol. The molecule has 4 atom stereocenters. The SMILES string of the molecule is COc1ccc2c3c1O[C@H]1C(=O)CC[C@]4(O)[C@@H](C2)NCC[C@]314. The second-order valence-corrected chi connectivity index (χ2v) is 6.95. The van der Waals surface area contributed by atoms with Crippen LogP contribution in [-0.4, -0.2) is 42.3 Å². The van der Waals surface area contributed by atoms with E-state index in [9.17, 15) is 9.90 Å². The fraction of sp³-hybridized carbons (Fsp3) is 0.588. The largest absolute Gasteiger partial charge is 0.493 e. The van der Waals surface area contributed by atoms with Gasteiger partial charge in [-0.15, -0.1) is 0 Å². The van der Waals surface area contributed by atoms with E-state index in [0.29, 0.717) is 24.3 Å². The molecule has 5 rings (SSSR count). The molecule has 1 spiro atoms. The molecule has 1 aromatic rings. The molecule has 116 valence electrons. The number of methoxy groups -OCH3 is 1. The van der Waals surface area contributed by atoms with Gasteiger partial charge in [0.15, 0.2) is 23.4 Å². The summed E-state index contributed by atoms with van der Waals surface area (Å²) in [5.41, 5.74) is 0.699. The minimum absolute atomic E-state index is 0.00713. The van der Waals surface area contributed by atoms with Crippen LogP contribution in [-0.2, 0) is 16.6 Å². The molecular weight excluding hydrogens is 282 g/mol. The molecule has 1 saturated carbocycles. The third-order valence-corrected chi connectivity index (χ3v) is 6.29. The first-order chi connectivity index (χ1) is 10.6. The minimum Gasteiger partial charge on any atom is -0.493 e. The number of ketones is 1. The Labute approximate surface area is 128 Å². The maximum Gasteiger partial charge on any atom is 0.174 e. The van der Waals surface area contributed by atoms with Gasteiger partial charge in [-0.05, 0) is 37.4 Å². The zero-order valence-corrected chi connectivity index (χ0v) is 12.5. The number of carbonyl (C=O) groups excluding carboxylic acids is 1. The van der Waals surface area contributed by atoms with Gasteiger partial charge in [0.25, 0.3) is 0 Å². The first kappa shape index (κ1) is 12.9. The van der Waals surface area contributed by atoms with Gasteiger partial charge in [0.05, 0.1) is 18.1 Å². The van der Waals surface area contributed by atoms with Gasteiger partial charge in [0, 0.05) is 18.0 Å². The van der Waals surface area contributed by atoms with Crippen LogP contribution in [0.5, 0.6) is 11.5 Å². The Morgan fingerprint density at radius 1 is 1.41 bits per heavy atom. The van der Waals surface area contributed by atoms with Crippen LogP contribution in [0.1, 0.15) is 30.4 Å². The van der Waals surface area contributed by atoms with E-state index < -0.39 is 17.1 Å². The molecule has 0 radical (unpaired) electrons. The van der Waals surface area contributed by atoms with Crippen LogP contribution in [0, 0.1) is 0 Å². The van der Waals surface area contributed by atoms with Crippen LogP contribution in [0.4, 0.5) is 0 Å². The molecule has 4 aliphatic rings. The number of piperidine rings is 1. The van der Waals surface area contributed by atoms with E-state index in [1.165, 1.54) is 5.56 Å². The van der Waals surface area contributed by atoms with Crippen molar-refractivity contribution in [2.24, 2.45) is 0 Å². The molecular formula is C17H19NO4. The highest BCUT2D eigenvalue weighted by Crippen LogP contribution is 2.63. The summed E-state index contributed by atoms with van der Waals surface area (Å²) in [5, 5.41) is 15.0. The van der Waals surface area contributed by atoms with Crippen molar-refractivity contribution < 1.29 is 19.4 Å². The Morgan fingerprint density at radius 3 is 3.09 bits per heavy atom. The van der Waals surface area contributed by atoms with Crippen LogP contribution in [0.15, 0.2) is 12.1 Å². The lowest BCUT2D eigenvalue weighted by Gasteiger charge is -2.59. The van der Waals surface area contributed by atoms with Crippen molar-refractivity contribution in [1.29, 1.82) is 0 Å². The van der Waals surface area contributed by atoms with Gasteiger partial charge < -0.3 is 19.9 Å². The molecule has 2 aliphatic heterocycles. The number of benzene rings is 1. The van der Waals surface area contributed by atoms with Crippen LogP contribution < -0.4 is 14.8 Å². The lowest BCUT2D eigenvalue weighted by Crippen LogP contribution is -2.76. The third-order valence-electron chi connectivity index (χ3n) is 6.29. The van der Waals surface area contributed by atoms with Crippen molar-refractivity contribution in [3.05, 3.63) is 23.3 Å². The maximum absolute atomic E-state index is 12.6. The van der Waals surface area contributed by atoms with E-state index in [2.05, 4.69) is 11.4 Å². The molecule has 2 fully saturated rings. The smallest absolute Gasteiger partial charge is 0.174 e. The zero-order chi connectivity index (χ0) is 15.1. The van der Waals surface area contributed by atoms with Crippen molar-refractivity contribution in [2.75, 3.05) is 13.7 Å². The van der Waals surface area contributed by atoms with Crippen LogP contribution in [0.25, 0.3) is 0 Å². The summed E-state index contributed by atoms with van der Waals surface area (Å²) in [6, 6.07) is 3.96. The molecule has 2 aliphatic carbocycles. The summed E-state index contributed by atoms with van der Waals surface area (Å²) in [7, 11) is 1.61. The molecule has 0 unspecified atom stereocenters. The van der Waals surface area contributed by atoms with E-state index in [4.69, 9.17) is 9.47 Å². The second kappa shape index (κ2) is 3.84. The van der Waals surface area contributed by atoms with Gasteiger partial charge >= 0.3 is 0 Å². The summed E-state index contributed by atoms with van der Waals surface area (Å²) >= 11 is 0. The normalized spacial score (nSPS) is 40.9. The molecule has 2 heterocycles. The van der Waals surface area contributed by atoms with Gasteiger partial charge in [-0.3, -0.25) is 4.79 Å². The molecule has 0 amide bonds. The van der Waals surface area contributed by atoms with Crippen LogP contribution >= 0.6 is 0 Å². The number of ether oxygens (including phenoxy) is 2. The number of carbonyl (C=O) groups is 1. The summed E-state index contributed by atoms with van der Waals surface area (Å²) in [5.74, 6) is 1.45. The molecule has 1 saturated heterocycles. The Morgan fingerprint density at radius 2 is 2.27 bits per heavy atom. The summed E-state index contributed by atoms with van der Waals surface area (Å²) in [6.07, 6.45) is 1.83. The Bertz CT molecular complexity index is 702. The number of rotatable bonds is 1. The lowest BCUT2D eigenvalue weighted by molar-refractivity contribution is -0.166. The number of nitrogens with one attached hydrogen (secondary N) is 1. The van der Waals surface area contributed by atoms with Gasteiger partial charge in [-0.2, -0.15) is 0 Å². The second-order valence-electron chi connectivity index (χ2n) is 6.95. The standard InChI is InChI=1S/C17H19NO4/c1-21-11-3-2-9-8-12-17(20)5-4-10(19)15-16(17,6-7-18-12)13(9)14(11)22-15/h2-3,12,15,18,20H,4-8H2,1H3/t12-,15+,16+,17+/m1/s1. The third kappa shape index (κ3) is 1.16. The number of Topliss-reactive ketones (excluding diaryl/α,β-unsaturated/α-hetero) is 1. The zero-order valence-electron chi connectivity index (χ0n) is 12.5. The van der Waals surface area contributed by atoms with E-state index in [-0.39, 0.29) is 11.8 Å². The van der Waals surface area contributed by atoms with Gasteiger partial charge in [-0.25, -0.2) is 0 Å².